The van der Waals surface area contributed by atoms with E-state index in [0.717, 1.165) is 24.9 Å². The van der Waals surface area contributed by atoms with Crippen LogP contribution in [0.2, 0.25) is 0 Å². The second kappa shape index (κ2) is 6.29. The maximum absolute atomic E-state index is 11.9. The van der Waals surface area contributed by atoms with Crippen LogP contribution in [0.1, 0.15) is 18.4 Å². The Balaban J connectivity index is 1.89. The molecule has 6 heteroatoms. The molecule has 0 unspecified atom stereocenters. The highest BCUT2D eigenvalue weighted by Crippen LogP contribution is 2.14. The number of carbonyl (C=O) groups is 1. The number of nitrogens with zero attached hydrogens (tertiary/aromatic N) is 1. The number of amides is 1. The summed E-state index contributed by atoms with van der Waals surface area (Å²) in [5.74, 6) is 0.0196. The van der Waals surface area contributed by atoms with E-state index >= 15 is 0 Å². The average Bonchev–Trinajstić information content (AvgIpc) is 2.46. The van der Waals surface area contributed by atoms with E-state index in [1.807, 2.05) is 0 Å². The Morgan fingerprint density at radius 1 is 1.53 bits per heavy atom. The molecule has 1 amide bonds. The number of hydrogen-bond acceptors (Lipinski definition) is 4. The Labute approximate surface area is 111 Å². The van der Waals surface area contributed by atoms with Gasteiger partial charge in [-0.05, 0) is 24.9 Å². The molecule has 2 rings (SSSR count). The molecule has 1 aromatic rings. The number of carbonyl (C=O) groups excluding carboxylic acids is 1. The van der Waals surface area contributed by atoms with Gasteiger partial charge in [-0.2, -0.15) is 0 Å². The minimum Gasteiger partial charge on any atom is -0.352 e. The monoisotopic (exact) mass is 263 g/mol. The van der Waals surface area contributed by atoms with Crippen LogP contribution in [0, 0.1) is 16.0 Å². The lowest BCUT2D eigenvalue weighted by molar-refractivity contribution is -0.384. The standard InChI is InChI=1S/C13H17N3O3/c17-13(11-4-2-6-14-9-11)15-8-10-3-1-5-12(7-10)16(18)19/h1,3,5,7,11,14H,2,4,6,8-9H2,(H,15,17)/t11-/m1/s1. The average molecular weight is 263 g/mol. The third-order valence-corrected chi connectivity index (χ3v) is 3.26. The van der Waals surface area contributed by atoms with Crippen LogP contribution < -0.4 is 10.6 Å². The van der Waals surface area contributed by atoms with E-state index in [2.05, 4.69) is 10.6 Å². The first kappa shape index (κ1) is 13.5. The second-order valence-electron chi connectivity index (χ2n) is 4.69. The molecule has 1 aliphatic heterocycles. The third kappa shape index (κ3) is 3.75. The molecule has 0 spiro atoms. The molecule has 1 atom stereocenters. The first-order chi connectivity index (χ1) is 9.16. The van der Waals surface area contributed by atoms with E-state index in [9.17, 15) is 14.9 Å². The molecule has 1 fully saturated rings. The smallest absolute Gasteiger partial charge is 0.269 e. The summed E-state index contributed by atoms with van der Waals surface area (Å²) in [7, 11) is 0. The largest absolute Gasteiger partial charge is 0.352 e. The fourth-order valence-electron chi connectivity index (χ4n) is 2.19. The first-order valence-electron chi connectivity index (χ1n) is 6.38. The molecule has 6 nitrogen and oxygen atoms in total. The highest BCUT2D eigenvalue weighted by molar-refractivity contribution is 5.78. The Hall–Kier alpha value is -1.95. The van der Waals surface area contributed by atoms with Gasteiger partial charge in [-0.1, -0.05) is 12.1 Å². The Morgan fingerprint density at radius 3 is 3.05 bits per heavy atom. The number of rotatable bonds is 4. The van der Waals surface area contributed by atoms with Crippen LogP contribution in [0.5, 0.6) is 0 Å². The van der Waals surface area contributed by atoms with Gasteiger partial charge in [0, 0.05) is 25.2 Å². The Bertz CT molecular complexity index is 470. The zero-order valence-electron chi connectivity index (χ0n) is 10.6. The highest BCUT2D eigenvalue weighted by atomic mass is 16.6. The van der Waals surface area contributed by atoms with Gasteiger partial charge >= 0.3 is 0 Å². The molecule has 2 N–H and O–H groups in total. The number of nitrogens with one attached hydrogen (secondary N) is 2. The number of nitro groups is 1. The third-order valence-electron chi connectivity index (χ3n) is 3.26. The normalized spacial score (nSPS) is 18.8. The van der Waals surface area contributed by atoms with Crippen molar-refractivity contribution in [1.82, 2.24) is 10.6 Å². The molecule has 0 aliphatic carbocycles. The fourth-order valence-corrected chi connectivity index (χ4v) is 2.19. The van der Waals surface area contributed by atoms with Crippen LogP contribution in [0.3, 0.4) is 0 Å². The number of non-ortho nitro benzene ring substituents is 1. The maximum Gasteiger partial charge on any atom is 0.269 e. The number of benzene rings is 1. The van der Waals surface area contributed by atoms with E-state index in [4.69, 9.17) is 0 Å². The van der Waals surface area contributed by atoms with Crippen LogP contribution in [0.4, 0.5) is 5.69 Å². The van der Waals surface area contributed by atoms with Crippen molar-refractivity contribution in [3.8, 4) is 0 Å². The lowest BCUT2D eigenvalue weighted by Crippen LogP contribution is -2.40. The zero-order valence-corrected chi connectivity index (χ0v) is 10.6. The zero-order chi connectivity index (χ0) is 13.7. The molecule has 1 aliphatic rings. The van der Waals surface area contributed by atoms with Crippen molar-refractivity contribution in [3.05, 3.63) is 39.9 Å². The second-order valence-corrected chi connectivity index (χ2v) is 4.69. The van der Waals surface area contributed by atoms with Gasteiger partial charge in [0.25, 0.3) is 5.69 Å². The molecule has 0 radical (unpaired) electrons. The number of hydrogen-bond donors (Lipinski definition) is 2. The van der Waals surface area contributed by atoms with E-state index in [1.165, 1.54) is 12.1 Å². The van der Waals surface area contributed by atoms with Gasteiger partial charge in [-0.15, -0.1) is 0 Å². The van der Waals surface area contributed by atoms with E-state index < -0.39 is 4.92 Å². The van der Waals surface area contributed by atoms with Gasteiger partial charge in [-0.3, -0.25) is 14.9 Å². The van der Waals surface area contributed by atoms with Crippen LogP contribution >= 0.6 is 0 Å². The lowest BCUT2D eigenvalue weighted by atomic mass is 9.99. The summed E-state index contributed by atoms with van der Waals surface area (Å²) in [6.45, 7) is 2.01. The molecule has 1 saturated heterocycles. The van der Waals surface area contributed by atoms with Crippen molar-refractivity contribution < 1.29 is 9.72 Å². The summed E-state index contributed by atoms with van der Waals surface area (Å²) < 4.78 is 0. The van der Waals surface area contributed by atoms with E-state index in [1.54, 1.807) is 12.1 Å². The van der Waals surface area contributed by atoms with E-state index in [0.29, 0.717) is 13.1 Å². The van der Waals surface area contributed by atoms with Gasteiger partial charge in [0.05, 0.1) is 10.8 Å². The summed E-state index contributed by atoms with van der Waals surface area (Å²) in [6.07, 6.45) is 1.91. The maximum atomic E-state index is 11.9. The summed E-state index contributed by atoms with van der Waals surface area (Å²) >= 11 is 0. The van der Waals surface area contributed by atoms with Crippen LogP contribution in [-0.4, -0.2) is 23.9 Å². The summed E-state index contributed by atoms with van der Waals surface area (Å²) in [4.78, 5) is 22.1. The van der Waals surface area contributed by atoms with Crippen molar-refractivity contribution in [1.29, 1.82) is 0 Å². The van der Waals surface area contributed by atoms with Gasteiger partial charge in [0.2, 0.25) is 5.91 Å². The lowest BCUT2D eigenvalue weighted by Gasteiger charge is -2.21. The topological polar surface area (TPSA) is 84.3 Å². The minimum atomic E-state index is -0.434. The molecule has 0 bridgehead atoms. The van der Waals surface area contributed by atoms with Crippen LogP contribution in [0.15, 0.2) is 24.3 Å². The first-order valence-corrected chi connectivity index (χ1v) is 6.38. The highest BCUT2D eigenvalue weighted by Gasteiger charge is 2.20. The minimum absolute atomic E-state index is 0.00690. The molecule has 0 aromatic heterocycles. The molecule has 102 valence electrons. The number of nitro benzene ring substituents is 1. The van der Waals surface area contributed by atoms with Gasteiger partial charge in [-0.25, -0.2) is 0 Å². The molecular formula is C13H17N3O3. The number of piperidine rings is 1. The summed E-state index contributed by atoms with van der Waals surface area (Å²) in [6, 6.07) is 6.32. The van der Waals surface area contributed by atoms with Crippen molar-refractivity contribution >= 4 is 11.6 Å². The SMILES string of the molecule is O=C(NCc1cccc([N+](=O)[O-])c1)[C@@H]1CCCNC1. The van der Waals surface area contributed by atoms with Gasteiger partial charge < -0.3 is 10.6 Å². The molecule has 0 saturated carbocycles. The fraction of sp³-hybridized carbons (Fsp3) is 0.462. The van der Waals surface area contributed by atoms with Crippen LogP contribution in [-0.2, 0) is 11.3 Å². The quantitative estimate of drug-likeness (QED) is 0.631. The predicted molar refractivity (Wildman–Crippen MR) is 70.5 cm³/mol. The Kier molecular flexibility index (Phi) is 4.46. The predicted octanol–water partition coefficient (Wildman–Crippen LogP) is 1.21. The van der Waals surface area contributed by atoms with Crippen molar-refractivity contribution in [2.45, 2.75) is 19.4 Å². The van der Waals surface area contributed by atoms with Gasteiger partial charge in [0.15, 0.2) is 0 Å². The molecule has 1 heterocycles. The molecule has 19 heavy (non-hydrogen) atoms. The van der Waals surface area contributed by atoms with Crippen molar-refractivity contribution in [2.24, 2.45) is 5.92 Å². The van der Waals surface area contributed by atoms with Crippen molar-refractivity contribution in [3.63, 3.8) is 0 Å². The van der Waals surface area contributed by atoms with E-state index in [-0.39, 0.29) is 17.5 Å². The van der Waals surface area contributed by atoms with Crippen LogP contribution in [0.25, 0.3) is 0 Å². The van der Waals surface area contributed by atoms with Crippen molar-refractivity contribution in [2.75, 3.05) is 13.1 Å². The molecular weight excluding hydrogens is 246 g/mol. The Morgan fingerprint density at radius 2 is 2.37 bits per heavy atom. The van der Waals surface area contributed by atoms with Gasteiger partial charge in [0.1, 0.15) is 0 Å². The summed E-state index contributed by atoms with van der Waals surface area (Å²) in [5.41, 5.74) is 0.789. The molecule has 1 aromatic carbocycles. The summed E-state index contributed by atoms with van der Waals surface area (Å²) in [5, 5.41) is 16.7.